The van der Waals surface area contributed by atoms with Crippen LogP contribution < -0.4 is 10.6 Å². The van der Waals surface area contributed by atoms with Gasteiger partial charge in [0.15, 0.2) is 11.4 Å². The van der Waals surface area contributed by atoms with E-state index in [4.69, 9.17) is 27.9 Å². The number of hydrogen-bond acceptors (Lipinski definition) is 7. The monoisotopic (exact) mass is 475 g/mol. The lowest BCUT2D eigenvalue weighted by Crippen LogP contribution is -2.39. The number of aromatic nitrogens is 2. The molecule has 0 radical (unpaired) electrons. The van der Waals surface area contributed by atoms with Crippen LogP contribution in [0.2, 0.25) is 10.0 Å². The molecule has 0 saturated carbocycles. The summed E-state index contributed by atoms with van der Waals surface area (Å²) in [7, 11) is 0. The van der Waals surface area contributed by atoms with Crippen molar-refractivity contribution in [3.63, 3.8) is 0 Å². The summed E-state index contributed by atoms with van der Waals surface area (Å²) in [5.74, 6) is -0.293. The minimum absolute atomic E-state index is 0.0989. The molecule has 10 heteroatoms. The molecular weight excluding hydrogens is 453 g/mol. The van der Waals surface area contributed by atoms with Gasteiger partial charge in [0.05, 0.1) is 13.2 Å². The van der Waals surface area contributed by atoms with Gasteiger partial charge >= 0.3 is 0 Å². The molecule has 32 heavy (non-hydrogen) atoms. The molecule has 1 fully saturated rings. The Balaban J connectivity index is 1.52. The maximum Gasteiger partial charge on any atom is 0.274 e. The molecule has 0 spiro atoms. The predicted octanol–water partition coefficient (Wildman–Crippen LogP) is 3.32. The Morgan fingerprint density at radius 2 is 1.94 bits per heavy atom. The van der Waals surface area contributed by atoms with Crippen molar-refractivity contribution in [3.05, 3.63) is 57.8 Å². The van der Waals surface area contributed by atoms with Crippen molar-refractivity contribution < 1.29 is 14.6 Å². The number of morpholine rings is 1. The van der Waals surface area contributed by atoms with Crippen LogP contribution in [-0.2, 0) is 11.3 Å². The maximum absolute atomic E-state index is 12.8. The van der Waals surface area contributed by atoms with Crippen LogP contribution in [0.5, 0.6) is 5.75 Å². The molecular formula is C22H23Cl2N5O3. The van der Waals surface area contributed by atoms with Crippen molar-refractivity contribution in [2.45, 2.75) is 6.54 Å². The molecule has 3 aromatic rings. The number of nitrogens with zero attached hydrogens (tertiary/aromatic N) is 3. The second-order valence-electron chi connectivity index (χ2n) is 7.40. The van der Waals surface area contributed by atoms with Gasteiger partial charge in [-0.1, -0.05) is 23.2 Å². The Morgan fingerprint density at radius 3 is 2.69 bits per heavy atom. The van der Waals surface area contributed by atoms with Gasteiger partial charge in [0, 0.05) is 54.4 Å². The van der Waals surface area contributed by atoms with Gasteiger partial charge in [0.2, 0.25) is 0 Å². The average molecular weight is 476 g/mol. The smallest absolute Gasteiger partial charge is 0.274 e. The molecule has 1 saturated heterocycles. The molecule has 168 valence electrons. The fourth-order valence-electron chi connectivity index (χ4n) is 3.55. The molecule has 1 aromatic carbocycles. The number of halogens is 2. The zero-order valence-corrected chi connectivity index (χ0v) is 18.8. The number of fused-ring (bicyclic) bond motifs is 1. The first kappa shape index (κ1) is 22.5. The standard InChI is InChI=1S/C22H23Cl2N5O3/c23-15-10-14(11-16(24)12-15)13-27-22(31)19-20(30)18-17(2-1-3-25-18)21(28-19)26-4-5-29-6-8-32-9-7-29/h1-3,10-12,30H,4-9,13H2,(H,26,28)(H,27,31). The van der Waals surface area contributed by atoms with Gasteiger partial charge in [-0.2, -0.15) is 0 Å². The van der Waals surface area contributed by atoms with Crippen molar-refractivity contribution in [2.24, 2.45) is 0 Å². The molecule has 0 atom stereocenters. The van der Waals surface area contributed by atoms with Crippen LogP contribution in [0.4, 0.5) is 5.82 Å². The van der Waals surface area contributed by atoms with E-state index < -0.39 is 5.91 Å². The molecule has 1 amide bonds. The number of carbonyl (C=O) groups excluding carboxylic acids is 1. The molecule has 1 aliphatic rings. The van der Waals surface area contributed by atoms with Gasteiger partial charge in [-0.05, 0) is 35.9 Å². The number of benzene rings is 1. The SMILES string of the molecule is O=C(NCc1cc(Cl)cc(Cl)c1)c1nc(NCCN2CCOCC2)c2cccnc2c1O. The van der Waals surface area contributed by atoms with Crippen molar-refractivity contribution in [2.75, 3.05) is 44.7 Å². The third kappa shape index (κ3) is 5.39. The van der Waals surface area contributed by atoms with Crippen LogP contribution in [0.1, 0.15) is 16.1 Å². The van der Waals surface area contributed by atoms with E-state index in [9.17, 15) is 9.90 Å². The summed E-state index contributed by atoms with van der Waals surface area (Å²) >= 11 is 12.0. The third-order valence-electron chi connectivity index (χ3n) is 5.15. The van der Waals surface area contributed by atoms with E-state index in [2.05, 4.69) is 25.5 Å². The van der Waals surface area contributed by atoms with E-state index in [0.717, 1.165) is 38.4 Å². The Kier molecular flexibility index (Phi) is 7.26. The second kappa shape index (κ2) is 10.3. The van der Waals surface area contributed by atoms with Crippen LogP contribution in [0.25, 0.3) is 10.9 Å². The van der Waals surface area contributed by atoms with Crippen molar-refractivity contribution in [1.82, 2.24) is 20.2 Å². The molecule has 8 nitrogen and oxygen atoms in total. The summed E-state index contributed by atoms with van der Waals surface area (Å²) in [6.45, 7) is 4.84. The van der Waals surface area contributed by atoms with Crippen LogP contribution in [0, 0.1) is 0 Å². The Morgan fingerprint density at radius 1 is 1.19 bits per heavy atom. The quantitative estimate of drug-likeness (QED) is 0.481. The zero-order valence-electron chi connectivity index (χ0n) is 17.3. The number of ether oxygens (including phenoxy) is 1. The van der Waals surface area contributed by atoms with Crippen LogP contribution in [0.3, 0.4) is 0 Å². The minimum atomic E-state index is -0.526. The number of hydrogen-bond donors (Lipinski definition) is 3. The normalized spacial score (nSPS) is 14.4. The summed E-state index contributed by atoms with van der Waals surface area (Å²) in [5.41, 5.74) is 0.948. The van der Waals surface area contributed by atoms with Crippen LogP contribution in [0.15, 0.2) is 36.5 Å². The first-order chi connectivity index (χ1) is 15.5. The number of nitrogens with one attached hydrogen (secondary N) is 2. The van der Waals surface area contributed by atoms with Gasteiger partial charge in [-0.3, -0.25) is 14.7 Å². The third-order valence-corrected chi connectivity index (χ3v) is 5.59. The maximum atomic E-state index is 12.8. The fraction of sp³-hybridized carbons (Fsp3) is 0.318. The lowest BCUT2D eigenvalue weighted by Gasteiger charge is -2.26. The number of aromatic hydroxyl groups is 1. The molecule has 2 aromatic heterocycles. The van der Waals surface area contributed by atoms with Crippen molar-refractivity contribution >= 4 is 45.8 Å². The molecule has 1 aliphatic heterocycles. The van der Waals surface area contributed by atoms with Gasteiger partial charge in [-0.25, -0.2) is 4.98 Å². The Bertz CT molecular complexity index is 1100. The summed E-state index contributed by atoms with van der Waals surface area (Å²) in [6, 6.07) is 8.61. The van der Waals surface area contributed by atoms with E-state index in [1.54, 1.807) is 30.5 Å². The van der Waals surface area contributed by atoms with E-state index >= 15 is 0 Å². The zero-order chi connectivity index (χ0) is 22.5. The topological polar surface area (TPSA) is 99.6 Å². The predicted molar refractivity (Wildman–Crippen MR) is 125 cm³/mol. The molecule has 3 heterocycles. The number of carbonyl (C=O) groups is 1. The highest BCUT2D eigenvalue weighted by atomic mass is 35.5. The highest BCUT2D eigenvalue weighted by Gasteiger charge is 2.20. The Hall–Kier alpha value is -2.65. The highest BCUT2D eigenvalue weighted by Crippen LogP contribution is 2.30. The molecule has 4 rings (SSSR count). The average Bonchev–Trinajstić information content (AvgIpc) is 2.79. The van der Waals surface area contributed by atoms with Gasteiger partial charge in [0.25, 0.3) is 5.91 Å². The van der Waals surface area contributed by atoms with Gasteiger partial charge < -0.3 is 20.5 Å². The van der Waals surface area contributed by atoms with Gasteiger partial charge in [0.1, 0.15) is 11.3 Å². The van der Waals surface area contributed by atoms with Crippen LogP contribution in [-0.4, -0.2) is 65.3 Å². The van der Waals surface area contributed by atoms with Crippen molar-refractivity contribution in [3.8, 4) is 5.75 Å². The summed E-state index contributed by atoms with van der Waals surface area (Å²) in [6.07, 6.45) is 1.56. The van der Waals surface area contributed by atoms with Crippen molar-refractivity contribution in [1.29, 1.82) is 0 Å². The largest absolute Gasteiger partial charge is 0.504 e. The highest BCUT2D eigenvalue weighted by molar-refractivity contribution is 6.34. The minimum Gasteiger partial charge on any atom is -0.504 e. The summed E-state index contributed by atoms with van der Waals surface area (Å²) in [5, 5.41) is 18.3. The number of amides is 1. The molecule has 0 bridgehead atoms. The van der Waals surface area contributed by atoms with Crippen LogP contribution >= 0.6 is 23.2 Å². The molecule has 0 aliphatic carbocycles. The van der Waals surface area contributed by atoms with E-state index in [0.29, 0.717) is 33.3 Å². The summed E-state index contributed by atoms with van der Waals surface area (Å²) < 4.78 is 5.38. The first-order valence-corrected chi connectivity index (χ1v) is 11.0. The first-order valence-electron chi connectivity index (χ1n) is 10.3. The van der Waals surface area contributed by atoms with E-state index in [1.807, 2.05) is 6.07 Å². The number of rotatable bonds is 7. The fourth-order valence-corrected chi connectivity index (χ4v) is 4.12. The van der Waals surface area contributed by atoms with E-state index in [1.165, 1.54) is 0 Å². The van der Waals surface area contributed by atoms with E-state index in [-0.39, 0.29) is 18.0 Å². The Labute approximate surface area is 195 Å². The lowest BCUT2D eigenvalue weighted by molar-refractivity contribution is 0.0398. The molecule has 0 unspecified atom stereocenters. The number of anilines is 1. The lowest BCUT2D eigenvalue weighted by atomic mass is 10.2. The second-order valence-corrected chi connectivity index (χ2v) is 8.27. The number of pyridine rings is 2. The van der Waals surface area contributed by atoms with Gasteiger partial charge in [-0.15, -0.1) is 0 Å². The molecule has 3 N–H and O–H groups in total. The summed E-state index contributed by atoms with van der Waals surface area (Å²) in [4.78, 5) is 23.8.